The topological polar surface area (TPSA) is 9.86 Å². The average Bonchev–Trinajstić information content (AvgIpc) is 3.65. The van der Waals surface area contributed by atoms with E-state index in [0.717, 1.165) is 0 Å². The second kappa shape index (κ2) is 7.83. The molecule has 0 bridgehead atoms. The molecule has 3 heteroatoms. The molecule has 9 rings (SSSR count). The number of nitrogens with zero attached hydrogens (tertiary/aromatic N) is 2. The first-order valence-corrected chi connectivity index (χ1v) is 14.1. The van der Waals surface area contributed by atoms with Gasteiger partial charge in [0.15, 0.2) is 0 Å². The van der Waals surface area contributed by atoms with Gasteiger partial charge in [-0.3, -0.25) is 0 Å². The predicted molar refractivity (Wildman–Crippen MR) is 168 cm³/mol. The van der Waals surface area contributed by atoms with Gasteiger partial charge in [0, 0.05) is 53.1 Å². The third-order valence-corrected chi connectivity index (χ3v) is 9.33. The Bertz CT molecular complexity index is 2330. The smallest absolute Gasteiger partial charge is 0.0555 e. The van der Waals surface area contributed by atoms with Crippen molar-refractivity contribution in [2.45, 2.75) is 0 Å². The Morgan fingerprint density at radius 2 is 0.846 bits per heavy atom. The Kier molecular flexibility index (Phi) is 4.24. The first kappa shape index (κ1) is 21.1. The fourth-order valence-corrected chi connectivity index (χ4v) is 7.72. The Morgan fingerprint density at radius 1 is 0.359 bits per heavy atom. The maximum absolute atomic E-state index is 2.42. The summed E-state index contributed by atoms with van der Waals surface area (Å²) in [5.41, 5.74) is 7.29. The fraction of sp³-hybridized carbons (Fsp3) is 0. The van der Waals surface area contributed by atoms with Gasteiger partial charge in [0.05, 0.1) is 22.1 Å². The van der Waals surface area contributed by atoms with E-state index < -0.39 is 0 Å². The van der Waals surface area contributed by atoms with Gasteiger partial charge in [-0.15, -0.1) is 11.3 Å². The number of hydrogen-bond donors (Lipinski definition) is 0. The van der Waals surface area contributed by atoms with Crippen molar-refractivity contribution in [3.05, 3.63) is 133 Å². The highest BCUT2D eigenvalue weighted by atomic mass is 32.1. The van der Waals surface area contributed by atoms with Crippen molar-refractivity contribution in [2.75, 3.05) is 0 Å². The molecule has 0 N–H and O–H groups in total. The van der Waals surface area contributed by atoms with E-state index in [0.29, 0.717) is 0 Å². The Labute approximate surface area is 228 Å². The highest BCUT2D eigenvalue weighted by molar-refractivity contribution is 7.26. The van der Waals surface area contributed by atoms with E-state index in [4.69, 9.17) is 0 Å². The van der Waals surface area contributed by atoms with E-state index >= 15 is 0 Å². The molecule has 0 aliphatic carbocycles. The van der Waals surface area contributed by atoms with E-state index in [1.54, 1.807) is 0 Å². The SMILES string of the molecule is c1ccc2c(c1)sc1c2ccc2c1c1ccccc1n2-c1ccc(-n2c3ccccc3c3ccccc32)cc1. The molecule has 2 nitrogen and oxygen atoms in total. The van der Waals surface area contributed by atoms with Crippen LogP contribution in [-0.2, 0) is 0 Å². The molecule has 182 valence electrons. The molecule has 0 aliphatic heterocycles. The van der Waals surface area contributed by atoms with Gasteiger partial charge >= 0.3 is 0 Å². The minimum Gasteiger partial charge on any atom is -0.309 e. The lowest BCUT2D eigenvalue weighted by atomic mass is 10.1. The molecule has 0 aliphatic rings. The second-order valence-corrected chi connectivity index (χ2v) is 11.2. The lowest BCUT2D eigenvalue weighted by molar-refractivity contribution is 1.14. The van der Waals surface area contributed by atoms with Gasteiger partial charge in [-0.05, 0) is 54.6 Å². The number of aromatic nitrogens is 2. The van der Waals surface area contributed by atoms with Gasteiger partial charge in [0.2, 0.25) is 0 Å². The summed E-state index contributed by atoms with van der Waals surface area (Å²) in [5.74, 6) is 0. The molecule has 0 saturated carbocycles. The quantitative estimate of drug-likeness (QED) is 0.217. The molecular weight excluding hydrogens is 492 g/mol. The standard InChI is InChI=1S/C36H22N2S/c1-5-13-30-25(9-1)26-10-2-6-14-31(26)37(30)23-17-19-24(20-18-23)38-32-15-7-3-12-29(32)35-33(38)22-21-28-27-11-4-8-16-34(27)39-36(28)35/h1-22H. The van der Waals surface area contributed by atoms with Crippen molar-refractivity contribution in [3.8, 4) is 11.4 Å². The van der Waals surface area contributed by atoms with Crippen LogP contribution in [0, 0.1) is 0 Å². The fourth-order valence-electron chi connectivity index (χ4n) is 6.46. The maximum Gasteiger partial charge on any atom is 0.0555 e. The normalized spacial score (nSPS) is 12.1. The van der Waals surface area contributed by atoms with Crippen molar-refractivity contribution in [2.24, 2.45) is 0 Å². The largest absolute Gasteiger partial charge is 0.309 e. The monoisotopic (exact) mass is 514 g/mol. The first-order valence-electron chi connectivity index (χ1n) is 13.3. The summed E-state index contributed by atoms with van der Waals surface area (Å²) in [6, 6.07) is 48.6. The highest BCUT2D eigenvalue weighted by Gasteiger charge is 2.17. The maximum atomic E-state index is 2.42. The van der Waals surface area contributed by atoms with Gasteiger partial charge in [-0.2, -0.15) is 0 Å². The van der Waals surface area contributed by atoms with Crippen LogP contribution in [-0.4, -0.2) is 9.13 Å². The molecule has 0 amide bonds. The zero-order valence-electron chi connectivity index (χ0n) is 21.0. The lowest BCUT2D eigenvalue weighted by Crippen LogP contribution is -1.97. The third kappa shape index (κ3) is 2.85. The molecule has 3 aromatic heterocycles. The summed E-state index contributed by atoms with van der Waals surface area (Å²) < 4.78 is 7.50. The zero-order chi connectivity index (χ0) is 25.5. The van der Waals surface area contributed by atoms with Crippen LogP contribution < -0.4 is 0 Å². The summed E-state index contributed by atoms with van der Waals surface area (Å²) in [5, 5.41) is 7.89. The Hall–Kier alpha value is -4.86. The van der Waals surface area contributed by atoms with Gasteiger partial charge in [-0.1, -0.05) is 78.9 Å². The van der Waals surface area contributed by atoms with Crippen LogP contribution >= 0.6 is 11.3 Å². The van der Waals surface area contributed by atoms with Crippen molar-refractivity contribution in [3.63, 3.8) is 0 Å². The zero-order valence-corrected chi connectivity index (χ0v) is 21.8. The molecule has 0 atom stereocenters. The molecule has 0 radical (unpaired) electrons. The van der Waals surface area contributed by atoms with E-state index in [1.807, 2.05) is 11.3 Å². The number of rotatable bonds is 2. The van der Waals surface area contributed by atoms with Gasteiger partial charge in [0.1, 0.15) is 0 Å². The van der Waals surface area contributed by atoms with Crippen LogP contribution in [0.1, 0.15) is 0 Å². The van der Waals surface area contributed by atoms with Crippen LogP contribution in [0.2, 0.25) is 0 Å². The van der Waals surface area contributed by atoms with Gasteiger partial charge in [0.25, 0.3) is 0 Å². The van der Waals surface area contributed by atoms with Gasteiger partial charge in [-0.25, -0.2) is 0 Å². The average molecular weight is 515 g/mol. The molecule has 9 aromatic rings. The van der Waals surface area contributed by atoms with Crippen molar-refractivity contribution in [1.29, 1.82) is 0 Å². The number of para-hydroxylation sites is 3. The molecule has 6 aromatic carbocycles. The minimum atomic E-state index is 1.17. The van der Waals surface area contributed by atoms with Crippen LogP contribution in [0.5, 0.6) is 0 Å². The number of thiophene rings is 1. The molecule has 0 saturated heterocycles. The van der Waals surface area contributed by atoms with E-state index in [-0.39, 0.29) is 0 Å². The summed E-state index contributed by atoms with van der Waals surface area (Å²) in [7, 11) is 0. The number of fused-ring (bicyclic) bond motifs is 10. The summed E-state index contributed by atoms with van der Waals surface area (Å²) in [6.07, 6.45) is 0. The summed E-state index contributed by atoms with van der Waals surface area (Å²) in [4.78, 5) is 0. The lowest BCUT2D eigenvalue weighted by Gasteiger charge is -2.11. The number of hydrogen-bond acceptors (Lipinski definition) is 1. The van der Waals surface area contributed by atoms with Crippen LogP contribution in [0.3, 0.4) is 0 Å². The van der Waals surface area contributed by atoms with Crippen LogP contribution in [0.15, 0.2) is 133 Å². The molecule has 3 heterocycles. The van der Waals surface area contributed by atoms with E-state index in [9.17, 15) is 0 Å². The van der Waals surface area contributed by atoms with E-state index in [1.165, 1.54) is 75.2 Å². The van der Waals surface area contributed by atoms with Crippen molar-refractivity contribution >= 4 is 75.1 Å². The second-order valence-electron chi connectivity index (χ2n) is 10.2. The summed E-state index contributed by atoms with van der Waals surface area (Å²) >= 11 is 1.90. The van der Waals surface area contributed by atoms with E-state index in [2.05, 4.69) is 143 Å². The minimum absolute atomic E-state index is 1.17. The van der Waals surface area contributed by atoms with Crippen molar-refractivity contribution < 1.29 is 0 Å². The third-order valence-electron chi connectivity index (χ3n) is 8.13. The van der Waals surface area contributed by atoms with Crippen molar-refractivity contribution in [1.82, 2.24) is 9.13 Å². The molecule has 0 unspecified atom stereocenters. The summed E-state index contributed by atoms with van der Waals surface area (Å²) in [6.45, 7) is 0. The number of benzene rings is 6. The van der Waals surface area contributed by atoms with Crippen LogP contribution in [0.25, 0.3) is 75.2 Å². The Morgan fingerprint density at radius 3 is 1.49 bits per heavy atom. The Balaban J connectivity index is 1.30. The molecule has 39 heavy (non-hydrogen) atoms. The van der Waals surface area contributed by atoms with Gasteiger partial charge < -0.3 is 9.13 Å². The molecule has 0 spiro atoms. The highest BCUT2D eigenvalue weighted by Crippen LogP contribution is 2.43. The molecule has 0 fully saturated rings. The first-order chi connectivity index (χ1) is 19.4. The van der Waals surface area contributed by atoms with Crippen LogP contribution in [0.4, 0.5) is 0 Å². The molecular formula is C36H22N2S. The predicted octanol–water partition coefficient (Wildman–Crippen LogP) is 10.2.